The van der Waals surface area contributed by atoms with Crippen molar-refractivity contribution >= 4 is 11.8 Å². The van der Waals surface area contributed by atoms with E-state index in [4.69, 9.17) is 0 Å². The first-order valence-corrected chi connectivity index (χ1v) is 8.31. The quantitative estimate of drug-likeness (QED) is 0.821. The van der Waals surface area contributed by atoms with Gasteiger partial charge in [0, 0.05) is 18.5 Å². The van der Waals surface area contributed by atoms with Crippen LogP contribution in [0.1, 0.15) is 47.8 Å². The predicted molar refractivity (Wildman–Crippen MR) is 95.8 cm³/mol. The molecule has 0 aliphatic carbocycles. The normalized spacial score (nSPS) is 11.6. The lowest BCUT2D eigenvalue weighted by molar-refractivity contribution is -0.121. The van der Waals surface area contributed by atoms with Gasteiger partial charge in [0.05, 0.1) is 6.04 Å². The molecule has 2 rings (SSSR count). The SMILES string of the molecule is CCc1ccc(C(C)NC(=O)CCNC(=O)c2ccccc2)cc1. The third kappa shape index (κ3) is 5.23. The Hall–Kier alpha value is -2.62. The first-order chi connectivity index (χ1) is 11.6. The van der Waals surface area contributed by atoms with Crippen molar-refractivity contribution in [1.82, 2.24) is 10.6 Å². The van der Waals surface area contributed by atoms with Crippen LogP contribution < -0.4 is 10.6 Å². The molecule has 1 unspecified atom stereocenters. The highest BCUT2D eigenvalue weighted by Gasteiger charge is 2.10. The number of hydrogen-bond donors (Lipinski definition) is 2. The Labute approximate surface area is 143 Å². The van der Waals surface area contributed by atoms with Gasteiger partial charge in [0.25, 0.3) is 5.91 Å². The van der Waals surface area contributed by atoms with E-state index in [2.05, 4.69) is 29.7 Å². The highest BCUT2D eigenvalue weighted by Crippen LogP contribution is 2.13. The Kier molecular flexibility index (Phi) is 6.55. The van der Waals surface area contributed by atoms with E-state index in [0.29, 0.717) is 12.1 Å². The van der Waals surface area contributed by atoms with Crippen LogP contribution in [0.25, 0.3) is 0 Å². The van der Waals surface area contributed by atoms with E-state index in [-0.39, 0.29) is 24.3 Å². The van der Waals surface area contributed by atoms with Crippen molar-refractivity contribution in [3.05, 3.63) is 71.3 Å². The summed E-state index contributed by atoms with van der Waals surface area (Å²) in [6, 6.07) is 17.2. The number of benzene rings is 2. The van der Waals surface area contributed by atoms with E-state index in [1.807, 2.05) is 37.3 Å². The monoisotopic (exact) mass is 324 g/mol. The molecule has 0 fully saturated rings. The molecule has 0 saturated heterocycles. The molecule has 2 aromatic carbocycles. The highest BCUT2D eigenvalue weighted by atomic mass is 16.2. The van der Waals surface area contributed by atoms with Crippen LogP contribution in [0.5, 0.6) is 0 Å². The maximum absolute atomic E-state index is 12.0. The molecule has 2 aromatic rings. The van der Waals surface area contributed by atoms with Crippen molar-refractivity contribution in [1.29, 1.82) is 0 Å². The van der Waals surface area contributed by atoms with Crippen LogP contribution in [0.15, 0.2) is 54.6 Å². The van der Waals surface area contributed by atoms with Crippen LogP contribution in [0.3, 0.4) is 0 Å². The maximum atomic E-state index is 12.0. The summed E-state index contributed by atoms with van der Waals surface area (Å²) in [7, 11) is 0. The average molecular weight is 324 g/mol. The second kappa shape index (κ2) is 8.87. The maximum Gasteiger partial charge on any atom is 0.251 e. The summed E-state index contributed by atoms with van der Waals surface area (Å²) < 4.78 is 0. The molecule has 0 saturated carbocycles. The highest BCUT2D eigenvalue weighted by molar-refractivity contribution is 5.94. The third-order valence-electron chi connectivity index (χ3n) is 3.94. The lowest BCUT2D eigenvalue weighted by Gasteiger charge is -2.15. The zero-order valence-electron chi connectivity index (χ0n) is 14.2. The largest absolute Gasteiger partial charge is 0.352 e. The van der Waals surface area contributed by atoms with Gasteiger partial charge in [-0.05, 0) is 36.6 Å². The number of carbonyl (C=O) groups excluding carboxylic acids is 2. The van der Waals surface area contributed by atoms with Crippen molar-refractivity contribution in [2.45, 2.75) is 32.7 Å². The van der Waals surface area contributed by atoms with E-state index in [9.17, 15) is 9.59 Å². The van der Waals surface area contributed by atoms with Gasteiger partial charge in [-0.25, -0.2) is 0 Å². The lowest BCUT2D eigenvalue weighted by Crippen LogP contribution is -2.32. The fraction of sp³-hybridized carbons (Fsp3) is 0.300. The van der Waals surface area contributed by atoms with E-state index < -0.39 is 0 Å². The summed E-state index contributed by atoms with van der Waals surface area (Å²) in [5.41, 5.74) is 2.96. The van der Waals surface area contributed by atoms with Crippen molar-refractivity contribution in [3.63, 3.8) is 0 Å². The molecule has 0 aromatic heterocycles. The fourth-order valence-electron chi connectivity index (χ4n) is 2.42. The fourth-order valence-corrected chi connectivity index (χ4v) is 2.42. The molecule has 2 amide bonds. The van der Waals surface area contributed by atoms with Crippen LogP contribution in [-0.4, -0.2) is 18.4 Å². The Bertz CT molecular complexity index is 666. The van der Waals surface area contributed by atoms with Crippen LogP contribution >= 0.6 is 0 Å². The third-order valence-corrected chi connectivity index (χ3v) is 3.94. The van der Waals surface area contributed by atoms with Gasteiger partial charge < -0.3 is 10.6 Å². The van der Waals surface area contributed by atoms with E-state index in [1.54, 1.807) is 12.1 Å². The molecular weight excluding hydrogens is 300 g/mol. The molecule has 4 nitrogen and oxygen atoms in total. The molecule has 1 atom stereocenters. The molecule has 24 heavy (non-hydrogen) atoms. The molecule has 0 bridgehead atoms. The number of carbonyl (C=O) groups is 2. The Balaban J connectivity index is 1.75. The van der Waals surface area contributed by atoms with Crippen LogP contribution in [-0.2, 0) is 11.2 Å². The molecular formula is C20H24N2O2. The molecule has 2 N–H and O–H groups in total. The van der Waals surface area contributed by atoms with Crippen molar-refractivity contribution < 1.29 is 9.59 Å². The number of hydrogen-bond acceptors (Lipinski definition) is 2. The average Bonchev–Trinajstić information content (AvgIpc) is 2.62. The summed E-state index contributed by atoms with van der Waals surface area (Å²) in [5.74, 6) is -0.234. The molecule has 0 heterocycles. The second-order valence-electron chi connectivity index (χ2n) is 5.76. The van der Waals surface area contributed by atoms with Crippen molar-refractivity contribution in [3.8, 4) is 0 Å². The number of aryl methyl sites for hydroxylation is 1. The minimum absolute atomic E-state index is 0.0479. The van der Waals surface area contributed by atoms with Gasteiger partial charge >= 0.3 is 0 Å². The van der Waals surface area contributed by atoms with Crippen molar-refractivity contribution in [2.75, 3.05) is 6.54 Å². The summed E-state index contributed by atoms with van der Waals surface area (Å²) >= 11 is 0. The Morgan fingerprint density at radius 1 is 1.00 bits per heavy atom. The minimum Gasteiger partial charge on any atom is -0.352 e. The van der Waals surface area contributed by atoms with E-state index in [1.165, 1.54) is 5.56 Å². The predicted octanol–water partition coefficient (Wildman–Crippen LogP) is 3.25. The summed E-state index contributed by atoms with van der Waals surface area (Å²) in [6.45, 7) is 4.40. The molecule has 0 radical (unpaired) electrons. The Morgan fingerprint density at radius 2 is 1.67 bits per heavy atom. The summed E-state index contributed by atoms with van der Waals surface area (Å²) in [4.78, 5) is 23.9. The number of amides is 2. The van der Waals surface area contributed by atoms with Crippen molar-refractivity contribution in [2.24, 2.45) is 0 Å². The number of nitrogens with one attached hydrogen (secondary N) is 2. The standard InChI is InChI=1S/C20H24N2O2/c1-3-16-9-11-17(12-10-16)15(2)22-19(23)13-14-21-20(24)18-7-5-4-6-8-18/h4-12,15H,3,13-14H2,1-2H3,(H,21,24)(H,22,23). The van der Waals surface area contributed by atoms with Gasteiger partial charge in [-0.3, -0.25) is 9.59 Å². The Morgan fingerprint density at radius 3 is 2.29 bits per heavy atom. The van der Waals surface area contributed by atoms with Crippen LogP contribution in [0.4, 0.5) is 0 Å². The van der Waals surface area contributed by atoms with Gasteiger partial charge in [-0.1, -0.05) is 49.4 Å². The molecule has 0 spiro atoms. The lowest BCUT2D eigenvalue weighted by atomic mass is 10.0. The van der Waals surface area contributed by atoms with Gasteiger partial charge in [0.2, 0.25) is 5.91 Å². The zero-order valence-corrected chi connectivity index (χ0v) is 14.2. The zero-order chi connectivity index (χ0) is 17.4. The van der Waals surface area contributed by atoms with E-state index in [0.717, 1.165) is 12.0 Å². The van der Waals surface area contributed by atoms with Crippen LogP contribution in [0.2, 0.25) is 0 Å². The molecule has 4 heteroatoms. The molecule has 0 aliphatic heterocycles. The summed E-state index contributed by atoms with van der Waals surface area (Å²) in [5, 5.41) is 5.72. The summed E-state index contributed by atoms with van der Waals surface area (Å²) in [6.07, 6.45) is 1.26. The van der Waals surface area contributed by atoms with Crippen LogP contribution in [0, 0.1) is 0 Å². The first-order valence-electron chi connectivity index (χ1n) is 8.31. The van der Waals surface area contributed by atoms with E-state index >= 15 is 0 Å². The molecule has 126 valence electrons. The smallest absolute Gasteiger partial charge is 0.251 e. The first kappa shape index (κ1) is 17.7. The van der Waals surface area contributed by atoms with Gasteiger partial charge in [-0.2, -0.15) is 0 Å². The topological polar surface area (TPSA) is 58.2 Å². The molecule has 0 aliphatic rings. The minimum atomic E-state index is -0.161. The van der Waals surface area contributed by atoms with Gasteiger partial charge in [0.1, 0.15) is 0 Å². The number of rotatable bonds is 7. The van der Waals surface area contributed by atoms with Gasteiger partial charge in [-0.15, -0.1) is 0 Å². The van der Waals surface area contributed by atoms with Gasteiger partial charge in [0.15, 0.2) is 0 Å². The second-order valence-corrected chi connectivity index (χ2v) is 5.76.